The Balaban J connectivity index is 1.32. The highest BCUT2D eigenvalue weighted by molar-refractivity contribution is 7.99. The molecule has 7 nitrogen and oxygen atoms in total. The molecular formula is C21H18N4O3S2. The number of carbonyl (C=O) groups excluding carboxylic acids is 1. The first-order chi connectivity index (χ1) is 14.6. The van der Waals surface area contributed by atoms with E-state index in [1.807, 2.05) is 60.8 Å². The number of anilines is 1. The third-order valence-electron chi connectivity index (χ3n) is 4.17. The summed E-state index contributed by atoms with van der Waals surface area (Å²) in [5.74, 6) is 1.10. The molecule has 30 heavy (non-hydrogen) atoms. The molecule has 152 valence electrons. The number of amides is 1. The number of aryl methyl sites for hydroxylation is 1. The fourth-order valence-corrected chi connectivity index (χ4v) is 3.89. The van der Waals surface area contributed by atoms with Gasteiger partial charge in [0.1, 0.15) is 5.75 Å². The molecule has 0 saturated carbocycles. The second-order valence-electron chi connectivity index (χ2n) is 6.34. The molecule has 2 heterocycles. The zero-order valence-electron chi connectivity index (χ0n) is 16.3. The molecule has 0 aliphatic rings. The zero-order valence-corrected chi connectivity index (χ0v) is 17.9. The van der Waals surface area contributed by atoms with Crippen molar-refractivity contribution >= 4 is 34.1 Å². The predicted octanol–water partition coefficient (Wildman–Crippen LogP) is 4.91. The first kappa shape index (κ1) is 20.1. The summed E-state index contributed by atoms with van der Waals surface area (Å²) in [7, 11) is 1.61. The van der Waals surface area contributed by atoms with Gasteiger partial charge in [-0.3, -0.25) is 4.79 Å². The Morgan fingerprint density at radius 3 is 2.57 bits per heavy atom. The second kappa shape index (κ2) is 9.10. The topological polar surface area (TPSA) is 90.1 Å². The molecule has 0 aliphatic carbocycles. The van der Waals surface area contributed by atoms with Gasteiger partial charge in [0.15, 0.2) is 5.13 Å². The summed E-state index contributed by atoms with van der Waals surface area (Å²) in [4.78, 5) is 16.7. The maximum atomic E-state index is 12.3. The average Bonchev–Trinajstić information content (AvgIpc) is 3.43. The highest BCUT2D eigenvalue weighted by Crippen LogP contribution is 2.27. The largest absolute Gasteiger partial charge is 0.497 e. The smallest absolute Gasteiger partial charge is 0.277 e. The van der Waals surface area contributed by atoms with Gasteiger partial charge in [0.25, 0.3) is 5.22 Å². The Labute approximate surface area is 181 Å². The van der Waals surface area contributed by atoms with Crippen LogP contribution in [0.2, 0.25) is 0 Å². The maximum absolute atomic E-state index is 12.3. The fraction of sp³-hybridized carbons (Fsp3) is 0.143. The van der Waals surface area contributed by atoms with Gasteiger partial charge in [0, 0.05) is 16.5 Å². The zero-order chi connectivity index (χ0) is 20.9. The van der Waals surface area contributed by atoms with Crippen LogP contribution < -0.4 is 10.1 Å². The molecule has 9 heteroatoms. The van der Waals surface area contributed by atoms with E-state index >= 15 is 0 Å². The molecule has 2 aromatic carbocycles. The molecule has 0 unspecified atom stereocenters. The number of aromatic nitrogens is 3. The number of benzene rings is 2. The van der Waals surface area contributed by atoms with E-state index in [9.17, 15) is 4.79 Å². The lowest BCUT2D eigenvalue weighted by atomic mass is 10.1. The highest BCUT2D eigenvalue weighted by Gasteiger charge is 2.13. The summed E-state index contributed by atoms with van der Waals surface area (Å²) in [6.45, 7) is 2.04. The third kappa shape index (κ3) is 4.87. The van der Waals surface area contributed by atoms with Crippen LogP contribution in [-0.2, 0) is 4.79 Å². The molecule has 0 radical (unpaired) electrons. The summed E-state index contributed by atoms with van der Waals surface area (Å²) < 4.78 is 10.8. The number of hydrogen-bond acceptors (Lipinski definition) is 8. The van der Waals surface area contributed by atoms with Crippen LogP contribution in [0, 0.1) is 6.92 Å². The van der Waals surface area contributed by atoms with Crippen LogP contribution in [0.1, 0.15) is 5.56 Å². The van der Waals surface area contributed by atoms with E-state index < -0.39 is 0 Å². The van der Waals surface area contributed by atoms with Gasteiger partial charge in [-0.1, -0.05) is 41.6 Å². The molecule has 0 spiro atoms. The number of rotatable bonds is 7. The van der Waals surface area contributed by atoms with Crippen molar-refractivity contribution in [3.05, 3.63) is 59.5 Å². The summed E-state index contributed by atoms with van der Waals surface area (Å²) in [6, 6.07) is 15.4. The van der Waals surface area contributed by atoms with Crippen molar-refractivity contribution in [2.24, 2.45) is 0 Å². The summed E-state index contributed by atoms with van der Waals surface area (Å²) >= 11 is 2.56. The SMILES string of the molecule is COc1ccc(-c2nnc(SCC(=O)Nc3nc(-c4ccc(C)cc4)cs3)o2)cc1. The lowest BCUT2D eigenvalue weighted by Gasteiger charge is -2.00. The third-order valence-corrected chi connectivity index (χ3v) is 5.74. The van der Waals surface area contributed by atoms with Crippen LogP contribution in [0.3, 0.4) is 0 Å². The van der Waals surface area contributed by atoms with Gasteiger partial charge in [0.05, 0.1) is 18.6 Å². The molecular weight excluding hydrogens is 420 g/mol. The van der Waals surface area contributed by atoms with E-state index in [1.54, 1.807) is 7.11 Å². The normalized spacial score (nSPS) is 10.7. The minimum atomic E-state index is -0.186. The second-order valence-corrected chi connectivity index (χ2v) is 8.13. The summed E-state index contributed by atoms with van der Waals surface area (Å²) in [5.41, 5.74) is 3.83. The van der Waals surface area contributed by atoms with Gasteiger partial charge in [-0.15, -0.1) is 21.5 Å². The number of thiazole rings is 1. The van der Waals surface area contributed by atoms with Gasteiger partial charge in [0.2, 0.25) is 11.8 Å². The maximum Gasteiger partial charge on any atom is 0.277 e. The van der Waals surface area contributed by atoms with Gasteiger partial charge >= 0.3 is 0 Å². The molecule has 0 aliphatic heterocycles. The van der Waals surface area contributed by atoms with Crippen LogP contribution in [0.15, 0.2) is 63.6 Å². The van der Waals surface area contributed by atoms with Crippen LogP contribution in [0.4, 0.5) is 5.13 Å². The molecule has 4 aromatic rings. The van der Waals surface area contributed by atoms with Gasteiger partial charge < -0.3 is 14.5 Å². The van der Waals surface area contributed by atoms with E-state index in [1.165, 1.54) is 28.7 Å². The standard InChI is InChI=1S/C21H18N4O3S2/c1-13-3-5-14(6-4-13)17-11-29-20(22-17)23-18(26)12-30-21-25-24-19(28-21)15-7-9-16(27-2)10-8-15/h3-11H,12H2,1-2H3,(H,22,23,26). The Bertz CT molecular complexity index is 1140. The van der Waals surface area contributed by atoms with Crippen LogP contribution in [-0.4, -0.2) is 34.0 Å². The lowest BCUT2D eigenvalue weighted by molar-refractivity contribution is -0.113. The first-order valence-corrected chi connectivity index (χ1v) is 10.9. The number of carbonyl (C=O) groups is 1. The Hall–Kier alpha value is -3.17. The van der Waals surface area contributed by atoms with E-state index in [0.717, 1.165) is 22.6 Å². The van der Waals surface area contributed by atoms with Gasteiger partial charge in [-0.25, -0.2) is 4.98 Å². The number of nitrogens with one attached hydrogen (secondary N) is 1. The Morgan fingerprint density at radius 2 is 1.83 bits per heavy atom. The van der Waals surface area contributed by atoms with Crippen molar-refractivity contribution in [1.29, 1.82) is 0 Å². The monoisotopic (exact) mass is 438 g/mol. The van der Waals surface area contributed by atoms with Crippen molar-refractivity contribution < 1.29 is 13.9 Å². The lowest BCUT2D eigenvalue weighted by Crippen LogP contribution is -2.13. The molecule has 0 fully saturated rings. The summed E-state index contributed by atoms with van der Waals surface area (Å²) in [6.07, 6.45) is 0. The van der Waals surface area contributed by atoms with Crippen molar-refractivity contribution in [2.45, 2.75) is 12.1 Å². The quantitative estimate of drug-likeness (QED) is 0.410. The molecule has 0 saturated heterocycles. The van der Waals surface area contributed by atoms with Crippen molar-refractivity contribution in [3.63, 3.8) is 0 Å². The van der Waals surface area contributed by atoms with Crippen molar-refractivity contribution in [2.75, 3.05) is 18.2 Å². The van der Waals surface area contributed by atoms with E-state index in [-0.39, 0.29) is 11.7 Å². The minimum Gasteiger partial charge on any atom is -0.497 e. The first-order valence-electron chi connectivity index (χ1n) is 9.04. The van der Waals surface area contributed by atoms with E-state index in [4.69, 9.17) is 9.15 Å². The van der Waals surface area contributed by atoms with Crippen molar-refractivity contribution in [1.82, 2.24) is 15.2 Å². The molecule has 2 aromatic heterocycles. The number of methoxy groups -OCH3 is 1. The van der Waals surface area contributed by atoms with E-state index in [0.29, 0.717) is 16.2 Å². The number of nitrogens with zero attached hydrogens (tertiary/aromatic N) is 3. The molecule has 4 rings (SSSR count). The molecule has 1 N–H and O–H groups in total. The van der Waals surface area contributed by atoms with E-state index in [2.05, 4.69) is 20.5 Å². The van der Waals surface area contributed by atoms with Crippen LogP contribution >= 0.6 is 23.1 Å². The predicted molar refractivity (Wildman–Crippen MR) is 118 cm³/mol. The number of ether oxygens (including phenoxy) is 1. The van der Waals surface area contributed by atoms with Gasteiger partial charge in [-0.05, 0) is 31.2 Å². The molecule has 0 atom stereocenters. The Morgan fingerprint density at radius 1 is 1.10 bits per heavy atom. The molecule has 1 amide bonds. The minimum absolute atomic E-state index is 0.143. The number of thioether (sulfide) groups is 1. The molecule has 0 bridgehead atoms. The summed E-state index contributed by atoms with van der Waals surface area (Å²) in [5, 5.41) is 13.6. The number of hydrogen-bond donors (Lipinski definition) is 1. The van der Waals surface area contributed by atoms with Crippen molar-refractivity contribution in [3.8, 4) is 28.5 Å². The van der Waals surface area contributed by atoms with Crippen LogP contribution in [0.25, 0.3) is 22.7 Å². The highest BCUT2D eigenvalue weighted by atomic mass is 32.2. The average molecular weight is 439 g/mol. The van der Waals surface area contributed by atoms with Crippen LogP contribution in [0.5, 0.6) is 5.75 Å². The van der Waals surface area contributed by atoms with Gasteiger partial charge in [-0.2, -0.15) is 0 Å². The fourth-order valence-electron chi connectivity index (χ4n) is 2.59. The Kier molecular flexibility index (Phi) is 6.10.